The van der Waals surface area contributed by atoms with Crippen LogP contribution < -0.4 is 0 Å². The van der Waals surface area contributed by atoms with Crippen molar-refractivity contribution in [3.63, 3.8) is 0 Å². The Labute approximate surface area is 139 Å². The second-order valence-electron chi connectivity index (χ2n) is 6.06. The molecule has 0 saturated carbocycles. The largest absolute Gasteiger partial charge is 0.390 e. The zero-order valence-corrected chi connectivity index (χ0v) is 14.1. The summed E-state index contributed by atoms with van der Waals surface area (Å²) in [6, 6.07) is 10.1. The molecule has 0 aromatic heterocycles. The predicted molar refractivity (Wildman–Crippen MR) is 90.1 cm³/mol. The second kappa shape index (κ2) is 8.99. The first kappa shape index (κ1) is 17.9. The number of nitriles is 1. The van der Waals surface area contributed by atoms with E-state index in [1.807, 2.05) is 24.3 Å². The number of ether oxygens (including phenoxy) is 1. The van der Waals surface area contributed by atoms with E-state index in [2.05, 4.69) is 29.7 Å². The molecular formula is C18H27N3O2. The van der Waals surface area contributed by atoms with Crippen LogP contribution in [0.4, 0.5) is 0 Å². The second-order valence-corrected chi connectivity index (χ2v) is 6.06. The van der Waals surface area contributed by atoms with E-state index in [0.717, 1.165) is 32.8 Å². The Morgan fingerprint density at radius 3 is 2.52 bits per heavy atom. The van der Waals surface area contributed by atoms with Crippen LogP contribution in [0.15, 0.2) is 24.3 Å². The molecule has 126 valence electrons. The van der Waals surface area contributed by atoms with E-state index in [1.54, 1.807) is 0 Å². The monoisotopic (exact) mass is 317 g/mol. The third kappa shape index (κ3) is 5.29. The number of benzene rings is 1. The lowest BCUT2D eigenvalue weighted by molar-refractivity contribution is 0.00413. The van der Waals surface area contributed by atoms with Crippen molar-refractivity contribution >= 4 is 0 Å². The summed E-state index contributed by atoms with van der Waals surface area (Å²) in [6.45, 7) is 9.78. The molecule has 2 unspecified atom stereocenters. The zero-order chi connectivity index (χ0) is 16.7. The van der Waals surface area contributed by atoms with Crippen LogP contribution in [-0.2, 0) is 4.74 Å². The van der Waals surface area contributed by atoms with Gasteiger partial charge in [0, 0.05) is 32.2 Å². The van der Waals surface area contributed by atoms with Crippen LogP contribution in [0.3, 0.4) is 0 Å². The minimum atomic E-state index is -0.367. The molecule has 1 aromatic carbocycles. The number of hydrogen-bond donors (Lipinski definition) is 1. The van der Waals surface area contributed by atoms with Gasteiger partial charge in [-0.3, -0.25) is 9.80 Å². The van der Waals surface area contributed by atoms with Crippen LogP contribution in [0.1, 0.15) is 31.0 Å². The van der Waals surface area contributed by atoms with Crippen molar-refractivity contribution < 1.29 is 9.84 Å². The van der Waals surface area contributed by atoms with E-state index in [4.69, 9.17) is 10.00 Å². The fraction of sp³-hybridized carbons (Fsp3) is 0.611. The molecule has 1 fully saturated rings. The van der Waals surface area contributed by atoms with E-state index in [-0.39, 0.29) is 12.1 Å². The Balaban J connectivity index is 1.90. The predicted octanol–water partition coefficient (Wildman–Crippen LogP) is 1.63. The number of hydrogen-bond acceptors (Lipinski definition) is 5. The van der Waals surface area contributed by atoms with Gasteiger partial charge in [-0.05, 0) is 31.2 Å². The molecule has 5 heteroatoms. The number of likely N-dealkylation sites (N-methyl/N-ethyl adjacent to an activating group) is 1. The van der Waals surface area contributed by atoms with Crippen molar-refractivity contribution in [1.29, 1.82) is 5.26 Å². The van der Waals surface area contributed by atoms with Crippen molar-refractivity contribution in [2.75, 3.05) is 45.9 Å². The van der Waals surface area contributed by atoms with Gasteiger partial charge in [0.1, 0.15) is 0 Å². The standard InChI is InChI=1S/C18H27N3O2/c1-3-21(14-18(22)13-20-8-10-23-11-9-20)15(2)17-6-4-16(12-19)5-7-17/h4-7,15,18,22H,3,8-11,13-14H2,1-2H3. The van der Waals surface area contributed by atoms with Crippen molar-refractivity contribution in [1.82, 2.24) is 9.80 Å². The molecule has 1 aliphatic heterocycles. The lowest BCUT2D eigenvalue weighted by Gasteiger charge is -2.33. The average Bonchev–Trinajstić information content (AvgIpc) is 2.60. The molecule has 23 heavy (non-hydrogen) atoms. The van der Waals surface area contributed by atoms with Crippen LogP contribution >= 0.6 is 0 Å². The van der Waals surface area contributed by atoms with Crippen molar-refractivity contribution in [3.05, 3.63) is 35.4 Å². The Hall–Kier alpha value is -1.45. The van der Waals surface area contributed by atoms with Gasteiger partial charge in [-0.1, -0.05) is 19.1 Å². The van der Waals surface area contributed by atoms with E-state index in [1.165, 1.54) is 5.56 Å². The quantitative estimate of drug-likeness (QED) is 0.828. The van der Waals surface area contributed by atoms with Crippen molar-refractivity contribution in [2.24, 2.45) is 0 Å². The molecule has 1 aromatic rings. The van der Waals surface area contributed by atoms with Gasteiger partial charge in [0.2, 0.25) is 0 Å². The summed E-state index contributed by atoms with van der Waals surface area (Å²) < 4.78 is 5.34. The van der Waals surface area contributed by atoms with E-state index in [0.29, 0.717) is 18.7 Å². The average molecular weight is 317 g/mol. The minimum absolute atomic E-state index is 0.215. The first-order valence-electron chi connectivity index (χ1n) is 8.36. The van der Waals surface area contributed by atoms with Gasteiger partial charge < -0.3 is 9.84 Å². The topological polar surface area (TPSA) is 59.7 Å². The summed E-state index contributed by atoms with van der Waals surface area (Å²) in [7, 11) is 0. The Morgan fingerprint density at radius 1 is 1.30 bits per heavy atom. The molecule has 5 nitrogen and oxygen atoms in total. The van der Waals surface area contributed by atoms with Gasteiger partial charge in [0.15, 0.2) is 0 Å². The Morgan fingerprint density at radius 2 is 1.96 bits per heavy atom. The maximum atomic E-state index is 10.4. The highest BCUT2D eigenvalue weighted by molar-refractivity contribution is 5.32. The summed E-state index contributed by atoms with van der Waals surface area (Å²) in [5, 5.41) is 19.3. The van der Waals surface area contributed by atoms with Gasteiger partial charge in [-0.2, -0.15) is 5.26 Å². The molecule has 1 N–H and O–H groups in total. The molecule has 2 atom stereocenters. The van der Waals surface area contributed by atoms with Gasteiger partial charge in [0.05, 0.1) is 31.0 Å². The van der Waals surface area contributed by atoms with Crippen LogP contribution in [0.25, 0.3) is 0 Å². The third-order valence-corrected chi connectivity index (χ3v) is 4.49. The van der Waals surface area contributed by atoms with Crippen molar-refractivity contribution in [2.45, 2.75) is 26.0 Å². The van der Waals surface area contributed by atoms with Gasteiger partial charge in [-0.15, -0.1) is 0 Å². The molecule has 2 rings (SSSR count). The summed E-state index contributed by atoms with van der Waals surface area (Å²) in [4.78, 5) is 4.53. The first-order valence-corrected chi connectivity index (χ1v) is 8.36. The number of morpholine rings is 1. The maximum Gasteiger partial charge on any atom is 0.0991 e. The van der Waals surface area contributed by atoms with Crippen LogP contribution in [0, 0.1) is 11.3 Å². The SMILES string of the molecule is CCN(CC(O)CN1CCOCC1)C(C)c1ccc(C#N)cc1. The smallest absolute Gasteiger partial charge is 0.0991 e. The number of rotatable bonds is 7. The number of aliphatic hydroxyl groups excluding tert-OH is 1. The lowest BCUT2D eigenvalue weighted by Crippen LogP contribution is -2.45. The highest BCUT2D eigenvalue weighted by atomic mass is 16.5. The Kier molecular flexibility index (Phi) is 7.00. The fourth-order valence-corrected chi connectivity index (χ4v) is 3.02. The molecular weight excluding hydrogens is 290 g/mol. The minimum Gasteiger partial charge on any atom is -0.390 e. The van der Waals surface area contributed by atoms with Crippen molar-refractivity contribution in [3.8, 4) is 6.07 Å². The fourth-order valence-electron chi connectivity index (χ4n) is 3.02. The van der Waals surface area contributed by atoms with E-state index >= 15 is 0 Å². The summed E-state index contributed by atoms with van der Waals surface area (Å²) in [6.07, 6.45) is -0.367. The van der Waals surface area contributed by atoms with Crippen LogP contribution in [0.5, 0.6) is 0 Å². The molecule has 1 aliphatic rings. The summed E-state index contributed by atoms with van der Waals surface area (Å²) in [5.41, 5.74) is 1.85. The lowest BCUT2D eigenvalue weighted by atomic mass is 10.0. The van der Waals surface area contributed by atoms with E-state index < -0.39 is 0 Å². The van der Waals surface area contributed by atoms with Crippen LogP contribution in [0.2, 0.25) is 0 Å². The molecule has 1 saturated heterocycles. The van der Waals surface area contributed by atoms with Gasteiger partial charge in [0.25, 0.3) is 0 Å². The molecule has 0 bridgehead atoms. The first-order chi connectivity index (χ1) is 11.1. The van der Waals surface area contributed by atoms with E-state index in [9.17, 15) is 5.11 Å². The van der Waals surface area contributed by atoms with Crippen LogP contribution in [-0.4, -0.2) is 66.9 Å². The molecule has 0 aliphatic carbocycles. The molecule has 0 radical (unpaired) electrons. The highest BCUT2D eigenvalue weighted by Crippen LogP contribution is 2.20. The molecule has 0 amide bonds. The normalized spacial score (nSPS) is 18.6. The Bertz CT molecular complexity index is 506. The van der Waals surface area contributed by atoms with Gasteiger partial charge >= 0.3 is 0 Å². The van der Waals surface area contributed by atoms with Gasteiger partial charge in [-0.25, -0.2) is 0 Å². The molecule has 0 spiro atoms. The number of β-amino-alcohol motifs (C(OH)–C–C–N with tert-alkyl or cyclic N) is 1. The number of aliphatic hydroxyl groups is 1. The zero-order valence-electron chi connectivity index (χ0n) is 14.1. The summed E-state index contributed by atoms with van der Waals surface area (Å²) in [5.74, 6) is 0. The highest BCUT2D eigenvalue weighted by Gasteiger charge is 2.20. The molecule has 1 heterocycles. The number of nitrogens with zero attached hydrogens (tertiary/aromatic N) is 3. The third-order valence-electron chi connectivity index (χ3n) is 4.49. The summed E-state index contributed by atoms with van der Waals surface area (Å²) >= 11 is 0. The maximum absolute atomic E-state index is 10.4.